The van der Waals surface area contributed by atoms with Crippen LogP contribution in [0.5, 0.6) is 5.75 Å². The number of rotatable bonds is 16. The van der Waals surface area contributed by atoms with Gasteiger partial charge in [0.15, 0.2) is 17.0 Å². The zero-order valence-corrected chi connectivity index (χ0v) is 48.6. The number of carbonyl (C=O) groups is 6. The first kappa shape index (κ1) is 58.7. The van der Waals surface area contributed by atoms with E-state index >= 15 is 0 Å². The number of fused-ring (bicyclic) bond motifs is 2. The summed E-state index contributed by atoms with van der Waals surface area (Å²) in [5, 5.41) is 22.8. The van der Waals surface area contributed by atoms with Gasteiger partial charge in [-0.25, -0.2) is 33.4 Å². The molecule has 0 bridgehead atoms. The molecular formula is C50H61IN10O12S3. The largest absolute Gasteiger partial charge is 1.00 e. The van der Waals surface area contributed by atoms with Crippen LogP contribution < -0.4 is 49.2 Å². The van der Waals surface area contributed by atoms with Crippen molar-refractivity contribution < 1.29 is 85.8 Å². The van der Waals surface area contributed by atoms with Crippen LogP contribution >= 0.6 is 34.4 Å². The van der Waals surface area contributed by atoms with Crippen LogP contribution in [0.4, 0.5) is 14.7 Å². The van der Waals surface area contributed by atoms with Gasteiger partial charge in [-0.3, -0.25) is 30.5 Å². The molecule has 4 N–H and O–H groups in total. The lowest BCUT2D eigenvalue weighted by molar-refractivity contribution is -0.661. The van der Waals surface area contributed by atoms with Gasteiger partial charge in [0.2, 0.25) is 5.60 Å². The number of carbonyl (C=O) groups excluding carboxylic acids is 6. The zero-order chi connectivity index (χ0) is 54.8. The molecule has 22 nitrogen and oxygen atoms in total. The first-order valence-corrected chi connectivity index (χ1v) is 26.3. The van der Waals surface area contributed by atoms with Crippen molar-refractivity contribution in [3.8, 4) is 5.75 Å². The summed E-state index contributed by atoms with van der Waals surface area (Å²) in [6, 6.07) is 9.59. The van der Waals surface area contributed by atoms with Crippen molar-refractivity contribution in [3.63, 3.8) is 0 Å². The highest BCUT2D eigenvalue weighted by Gasteiger charge is 2.55. The first-order valence-electron chi connectivity index (χ1n) is 23.5. The Hall–Kier alpha value is -6.52. The fourth-order valence-electron chi connectivity index (χ4n) is 7.32. The number of hydrogen-bond acceptors (Lipinski definition) is 18. The molecule has 5 aromatic rings. The van der Waals surface area contributed by atoms with E-state index in [4.69, 9.17) is 33.9 Å². The lowest BCUT2D eigenvalue weighted by Gasteiger charge is -2.49. The molecule has 1 saturated heterocycles. The quantitative estimate of drug-likeness (QED) is 0.0161. The second kappa shape index (κ2) is 23.4. The number of β-lactam (4-membered cyclic amide) rings is 1. The number of anilines is 1. The second-order valence-corrected chi connectivity index (χ2v) is 23.8. The highest BCUT2D eigenvalue weighted by molar-refractivity contribution is 8.00. The molecule has 4 aromatic heterocycles. The molecule has 0 radical (unpaired) electrons. The maximum absolute atomic E-state index is 14.4. The summed E-state index contributed by atoms with van der Waals surface area (Å²) < 4.78 is 33.1. The first-order chi connectivity index (χ1) is 35.1. The number of methoxy groups -OCH3 is 1. The van der Waals surface area contributed by atoms with Gasteiger partial charge < -0.3 is 57.8 Å². The standard InChI is InChI=1S/C50H60N10O12S3.HI/c1-47(2,3)69-43(64)50(10,11)72-56-35(33-27-75-44(52-33)55-46(66)71-49(7,8)9)39(61)53-36-40(62)60-37(42(63)68-24-28-13-15-31(67-12)16-14-28)30(26-74-41(36)60)22-58-18-17-34-57(19-20-59(34)58)23-32-21-29(25-73-32)38(51)54-45(65)70-48(4,5)6;/h13-21,25,27,36,41H,22-24,26H2,1-12H3,(H3-,51,52,53,54,55,61,65,66);1H/b56-35-;/t36-,41-;/m1./s1. The fourth-order valence-corrected chi connectivity index (χ4v) is 10.2. The van der Waals surface area contributed by atoms with Crippen molar-refractivity contribution in [2.75, 3.05) is 18.2 Å². The fraction of sp³-hybridized carbons (Fsp3) is 0.440. The van der Waals surface area contributed by atoms with Crippen molar-refractivity contribution in [2.45, 2.75) is 130 Å². The number of aromatic nitrogens is 4. The lowest BCUT2D eigenvalue weighted by Crippen LogP contribution is -3.00. The van der Waals surface area contributed by atoms with E-state index in [9.17, 15) is 28.8 Å². The Balaban J connectivity index is 0.00000937. The minimum atomic E-state index is -1.69. The highest BCUT2D eigenvalue weighted by atomic mass is 127. The smallest absolute Gasteiger partial charge is 0.413 e. The minimum Gasteiger partial charge on any atom is -1.00 e. The number of benzene rings is 1. The lowest BCUT2D eigenvalue weighted by atomic mass is 10.0. The van der Waals surface area contributed by atoms with E-state index in [1.54, 1.807) is 99.1 Å². The number of nitrogens with one attached hydrogen (secondary N) is 4. The number of thiophene rings is 1. The van der Waals surface area contributed by atoms with Crippen LogP contribution in [0.1, 0.15) is 97.9 Å². The summed E-state index contributed by atoms with van der Waals surface area (Å²) in [7, 11) is 1.55. The summed E-state index contributed by atoms with van der Waals surface area (Å²) in [6.45, 7) is 18.8. The van der Waals surface area contributed by atoms with Gasteiger partial charge in [0.05, 0.1) is 25.9 Å². The molecule has 7 rings (SSSR count). The average Bonchev–Trinajstić information content (AvgIpc) is 4.13. The van der Waals surface area contributed by atoms with Gasteiger partial charge in [0.25, 0.3) is 11.8 Å². The number of halogens is 1. The maximum Gasteiger partial charge on any atom is 0.413 e. The van der Waals surface area contributed by atoms with Gasteiger partial charge in [-0.05, 0) is 105 Å². The number of amidine groups is 1. The van der Waals surface area contributed by atoms with Crippen LogP contribution in [-0.4, -0.2) is 113 Å². The molecule has 76 heavy (non-hydrogen) atoms. The second-order valence-electron chi connectivity index (χ2n) is 20.8. The molecule has 408 valence electrons. The summed E-state index contributed by atoms with van der Waals surface area (Å²) in [5.74, 6) is -2.21. The van der Waals surface area contributed by atoms with Crippen molar-refractivity contribution in [2.24, 2.45) is 5.16 Å². The van der Waals surface area contributed by atoms with Gasteiger partial charge in [-0.1, -0.05) is 17.3 Å². The number of ether oxygens (including phenoxy) is 5. The maximum atomic E-state index is 14.4. The number of oxime groups is 1. The Morgan fingerprint density at radius 2 is 1.55 bits per heavy atom. The van der Waals surface area contributed by atoms with Gasteiger partial charge in [0, 0.05) is 27.0 Å². The van der Waals surface area contributed by atoms with E-state index in [2.05, 4.69) is 26.1 Å². The Labute approximate surface area is 468 Å². The molecule has 1 aromatic carbocycles. The summed E-state index contributed by atoms with van der Waals surface area (Å²) in [5.41, 5.74) is -1.90. The minimum absolute atomic E-state index is 0. The predicted octanol–water partition coefficient (Wildman–Crippen LogP) is 3.74. The van der Waals surface area contributed by atoms with Gasteiger partial charge >= 0.3 is 29.8 Å². The molecule has 0 aliphatic carbocycles. The number of nitrogens with zero attached hydrogens (tertiary/aromatic N) is 6. The summed E-state index contributed by atoms with van der Waals surface area (Å²) in [6.07, 6.45) is 4.13. The van der Waals surface area contributed by atoms with E-state index in [1.807, 2.05) is 44.5 Å². The third-order valence-corrected chi connectivity index (χ3v) is 13.7. The molecule has 26 heteroatoms. The van der Waals surface area contributed by atoms with E-state index in [1.165, 1.54) is 47.2 Å². The third-order valence-electron chi connectivity index (χ3n) is 10.7. The summed E-state index contributed by atoms with van der Waals surface area (Å²) in [4.78, 5) is 93.4. The summed E-state index contributed by atoms with van der Waals surface area (Å²) >= 11 is 3.74. The van der Waals surface area contributed by atoms with Gasteiger partial charge in [-0.2, -0.15) is 0 Å². The SMILES string of the molecule is COc1ccc(COC(=O)C2=C(Cn3ccc4n3cc[n+]4Cc3cc(C(=N)NC(=O)OC(C)(C)C)cs3)CS[C@@H]3[C@H](NC(=O)/C(=N\OC(C)(C)C(=O)OC(C)(C)C)c4csc(NC(=O)OC(C)(C)C)n4)C(=O)N23)cc1.[I-]. The zero-order valence-electron chi connectivity index (χ0n) is 44.0. The van der Waals surface area contributed by atoms with Crippen LogP contribution in [0.2, 0.25) is 0 Å². The van der Waals surface area contributed by atoms with Crippen molar-refractivity contribution >= 4 is 92.7 Å². The van der Waals surface area contributed by atoms with E-state index < -0.39 is 75.5 Å². The monoisotopic (exact) mass is 1220 g/mol. The number of alkyl carbamates (subject to hydrolysis) is 1. The molecule has 2 aliphatic rings. The molecule has 0 unspecified atom stereocenters. The Bertz CT molecular complexity index is 3080. The van der Waals surface area contributed by atoms with Crippen molar-refractivity contribution in [1.82, 2.24) is 29.7 Å². The topological polar surface area (TPSA) is 259 Å². The number of thioether (sulfide) groups is 1. The normalized spacial score (nSPS) is 15.9. The average molecular weight is 1220 g/mol. The number of amides is 4. The molecular weight excluding hydrogens is 1160 g/mol. The highest BCUT2D eigenvalue weighted by Crippen LogP contribution is 2.41. The van der Waals surface area contributed by atoms with Crippen LogP contribution in [0.3, 0.4) is 0 Å². The molecule has 0 saturated carbocycles. The molecule has 6 heterocycles. The predicted molar refractivity (Wildman–Crippen MR) is 280 cm³/mol. The molecule has 0 spiro atoms. The van der Waals surface area contributed by atoms with E-state index in [0.717, 1.165) is 21.9 Å². The Morgan fingerprint density at radius 1 is 0.882 bits per heavy atom. The number of esters is 2. The van der Waals surface area contributed by atoms with E-state index in [-0.39, 0.29) is 65.2 Å². The van der Waals surface area contributed by atoms with Crippen molar-refractivity contribution in [3.05, 3.63) is 98.7 Å². The third kappa shape index (κ3) is 14.7. The Kier molecular flexibility index (Phi) is 18.1. The van der Waals surface area contributed by atoms with Crippen molar-refractivity contribution in [1.29, 1.82) is 5.41 Å². The Morgan fingerprint density at radius 3 is 2.21 bits per heavy atom. The molecule has 2 aliphatic heterocycles. The number of imidazole rings is 1. The van der Waals surface area contributed by atoms with Crippen LogP contribution in [0.15, 0.2) is 82.2 Å². The van der Waals surface area contributed by atoms with Gasteiger partial charge in [-0.15, -0.1) is 39.0 Å². The van der Waals surface area contributed by atoms with E-state index in [0.29, 0.717) is 29.0 Å². The van der Waals surface area contributed by atoms with Crippen LogP contribution in [0.25, 0.3) is 5.65 Å². The molecule has 4 amide bonds. The molecule has 2 atom stereocenters. The number of thiazole rings is 1. The van der Waals surface area contributed by atoms with Crippen LogP contribution in [0, 0.1) is 5.41 Å². The number of hydrogen-bond donors (Lipinski definition) is 4. The van der Waals surface area contributed by atoms with Gasteiger partial charge in [0.1, 0.15) is 70.5 Å². The van der Waals surface area contributed by atoms with Crippen LogP contribution in [-0.2, 0) is 62.7 Å². The molecule has 1 fully saturated rings.